The predicted molar refractivity (Wildman–Crippen MR) is 69.1 cm³/mol. The Labute approximate surface area is 102 Å². The smallest absolute Gasteiger partial charge is 0.0850 e. The van der Waals surface area contributed by atoms with E-state index in [9.17, 15) is 0 Å². The molecule has 0 aliphatic carbocycles. The third-order valence-corrected chi connectivity index (χ3v) is 3.21. The van der Waals surface area contributed by atoms with Gasteiger partial charge in [-0.1, -0.05) is 54.6 Å². The van der Waals surface area contributed by atoms with Crippen LogP contribution < -0.4 is 0 Å². The summed E-state index contributed by atoms with van der Waals surface area (Å²) in [6, 6.07) is 19.3. The first kappa shape index (κ1) is 10.5. The molecule has 3 rings (SSSR count). The maximum Gasteiger partial charge on any atom is 0.0850 e. The summed E-state index contributed by atoms with van der Waals surface area (Å²) in [5.41, 5.74) is 4.23. The van der Waals surface area contributed by atoms with Gasteiger partial charge >= 0.3 is 0 Å². The van der Waals surface area contributed by atoms with Gasteiger partial charge < -0.3 is 4.74 Å². The van der Waals surface area contributed by atoms with Crippen molar-refractivity contribution in [2.24, 2.45) is 0 Å². The third-order valence-electron chi connectivity index (χ3n) is 3.21. The van der Waals surface area contributed by atoms with Crippen molar-refractivity contribution < 1.29 is 4.74 Å². The highest BCUT2D eigenvalue weighted by atomic mass is 16.6. The Morgan fingerprint density at radius 2 is 1.53 bits per heavy atom. The van der Waals surface area contributed by atoms with E-state index in [1.165, 1.54) is 16.7 Å². The van der Waals surface area contributed by atoms with Crippen LogP contribution in [0, 0.1) is 0 Å². The lowest BCUT2D eigenvalue weighted by molar-refractivity contribution is 0.407. The average molecular weight is 224 g/mol. The molecule has 0 amide bonds. The molecule has 1 unspecified atom stereocenters. The Morgan fingerprint density at radius 3 is 2.24 bits per heavy atom. The van der Waals surface area contributed by atoms with Crippen LogP contribution in [-0.4, -0.2) is 12.7 Å². The number of rotatable bonds is 4. The Bertz CT molecular complexity index is 486. The van der Waals surface area contributed by atoms with Gasteiger partial charge in [0.2, 0.25) is 0 Å². The van der Waals surface area contributed by atoms with Crippen LogP contribution in [-0.2, 0) is 17.6 Å². The zero-order chi connectivity index (χ0) is 11.5. The van der Waals surface area contributed by atoms with Crippen molar-refractivity contribution in [2.75, 3.05) is 6.61 Å². The summed E-state index contributed by atoms with van der Waals surface area (Å²) in [5.74, 6) is 0. The van der Waals surface area contributed by atoms with Crippen LogP contribution in [0.1, 0.15) is 16.7 Å². The summed E-state index contributed by atoms with van der Waals surface area (Å²) in [6.45, 7) is 0.930. The second kappa shape index (κ2) is 4.72. The van der Waals surface area contributed by atoms with E-state index in [2.05, 4.69) is 54.6 Å². The van der Waals surface area contributed by atoms with E-state index >= 15 is 0 Å². The van der Waals surface area contributed by atoms with E-state index in [1.807, 2.05) is 0 Å². The van der Waals surface area contributed by atoms with Gasteiger partial charge in [-0.05, 0) is 23.1 Å². The second-order valence-electron chi connectivity index (χ2n) is 4.59. The fourth-order valence-electron chi connectivity index (χ4n) is 2.18. The minimum absolute atomic E-state index is 0.465. The molecule has 0 saturated carbocycles. The highest BCUT2D eigenvalue weighted by molar-refractivity contribution is 5.33. The number of hydrogen-bond donors (Lipinski definition) is 0. The lowest BCUT2D eigenvalue weighted by Crippen LogP contribution is -1.99. The molecule has 1 fully saturated rings. The van der Waals surface area contributed by atoms with E-state index in [0.29, 0.717) is 6.10 Å². The molecule has 1 nitrogen and oxygen atoms in total. The first-order valence-corrected chi connectivity index (χ1v) is 6.14. The van der Waals surface area contributed by atoms with Crippen molar-refractivity contribution in [1.82, 2.24) is 0 Å². The van der Waals surface area contributed by atoms with Gasteiger partial charge in [-0.15, -0.1) is 0 Å². The molecule has 1 atom stereocenters. The van der Waals surface area contributed by atoms with Gasteiger partial charge in [-0.25, -0.2) is 0 Å². The molecule has 1 saturated heterocycles. The van der Waals surface area contributed by atoms with Crippen molar-refractivity contribution in [2.45, 2.75) is 18.9 Å². The zero-order valence-corrected chi connectivity index (χ0v) is 9.80. The highest BCUT2D eigenvalue weighted by Gasteiger charge is 2.23. The molecule has 1 aliphatic rings. The lowest BCUT2D eigenvalue weighted by Gasteiger charge is -2.08. The Hall–Kier alpha value is -1.60. The molecule has 0 radical (unpaired) electrons. The van der Waals surface area contributed by atoms with E-state index in [-0.39, 0.29) is 0 Å². The Kier molecular flexibility index (Phi) is 2.93. The molecule has 2 aromatic rings. The summed E-state index contributed by atoms with van der Waals surface area (Å²) < 4.78 is 5.32. The van der Waals surface area contributed by atoms with Crippen LogP contribution in [0.15, 0.2) is 54.6 Å². The van der Waals surface area contributed by atoms with Crippen LogP contribution in [0.2, 0.25) is 0 Å². The first-order valence-electron chi connectivity index (χ1n) is 6.14. The second-order valence-corrected chi connectivity index (χ2v) is 4.59. The minimum Gasteiger partial charge on any atom is -0.373 e. The van der Waals surface area contributed by atoms with Crippen molar-refractivity contribution >= 4 is 0 Å². The Balaban J connectivity index is 1.81. The first-order chi connectivity index (χ1) is 8.42. The maximum atomic E-state index is 5.32. The zero-order valence-electron chi connectivity index (χ0n) is 9.80. The number of ether oxygens (including phenoxy) is 1. The fourth-order valence-corrected chi connectivity index (χ4v) is 2.18. The van der Waals surface area contributed by atoms with E-state index in [1.54, 1.807) is 0 Å². The molecule has 0 spiro atoms. The van der Waals surface area contributed by atoms with E-state index in [0.717, 1.165) is 19.4 Å². The SMILES string of the molecule is c1ccc(Cc2ccccc2CC2CO2)cc1. The van der Waals surface area contributed by atoms with Crippen LogP contribution in [0.3, 0.4) is 0 Å². The number of hydrogen-bond acceptors (Lipinski definition) is 1. The van der Waals surface area contributed by atoms with Crippen molar-refractivity contribution in [3.05, 3.63) is 71.3 Å². The van der Waals surface area contributed by atoms with Gasteiger partial charge in [-0.2, -0.15) is 0 Å². The third kappa shape index (κ3) is 2.75. The molecule has 0 bridgehead atoms. The number of benzene rings is 2. The van der Waals surface area contributed by atoms with E-state index in [4.69, 9.17) is 4.74 Å². The monoisotopic (exact) mass is 224 g/mol. The van der Waals surface area contributed by atoms with Crippen LogP contribution in [0.4, 0.5) is 0 Å². The topological polar surface area (TPSA) is 12.5 Å². The van der Waals surface area contributed by atoms with Gasteiger partial charge in [0.1, 0.15) is 0 Å². The van der Waals surface area contributed by atoms with Crippen molar-refractivity contribution in [1.29, 1.82) is 0 Å². The van der Waals surface area contributed by atoms with Gasteiger partial charge in [0, 0.05) is 6.42 Å². The summed E-state index contributed by atoms with van der Waals surface area (Å²) in [6.07, 6.45) is 2.54. The normalized spacial score (nSPS) is 18.0. The molecule has 0 N–H and O–H groups in total. The molecule has 1 heteroatoms. The minimum atomic E-state index is 0.465. The Morgan fingerprint density at radius 1 is 0.882 bits per heavy atom. The van der Waals surface area contributed by atoms with Crippen molar-refractivity contribution in [3.8, 4) is 0 Å². The van der Waals surface area contributed by atoms with Crippen LogP contribution >= 0.6 is 0 Å². The molecular weight excluding hydrogens is 208 g/mol. The standard InChI is InChI=1S/C16H16O/c1-2-6-13(7-3-1)10-14-8-4-5-9-15(14)11-16-12-17-16/h1-9,16H,10-12H2. The molecule has 1 heterocycles. The van der Waals surface area contributed by atoms with Gasteiger partial charge in [0.05, 0.1) is 12.7 Å². The molecule has 86 valence electrons. The molecule has 0 aromatic heterocycles. The van der Waals surface area contributed by atoms with Crippen molar-refractivity contribution in [3.63, 3.8) is 0 Å². The summed E-state index contributed by atoms with van der Waals surface area (Å²) in [4.78, 5) is 0. The van der Waals surface area contributed by atoms with Gasteiger partial charge in [-0.3, -0.25) is 0 Å². The fraction of sp³-hybridized carbons (Fsp3) is 0.250. The molecule has 17 heavy (non-hydrogen) atoms. The highest BCUT2D eigenvalue weighted by Crippen LogP contribution is 2.21. The lowest BCUT2D eigenvalue weighted by atomic mass is 9.97. The molecule has 2 aromatic carbocycles. The van der Waals surface area contributed by atoms with Crippen LogP contribution in [0.25, 0.3) is 0 Å². The van der Waals surface area contributed by atoms with Crippen LogP contribution in [0.5, 0.6) is 0 Å². The largest absolute Gasteiger partial charge is 0.373 e. The molecular formula is C16H16O. The molecule has 1 aliphatic heterocycles. The maximum absolute atomic E-state index is 5.32. The quantitative estimate of drug-likeness (QED) is 0.726. The van der Waals surface area contributed by atoms with Gasteiger partial charge in [0.15, 0.2) is 0 Å². The summed E-state index contributed by atoms with van der Waals surface area (Å²) in [7, 11) is 0. The summed E-state index contributed by atoms with van der Waals surface area (Å²) >= 11 is 0. The predicted octanol–water partition coefficient (Wildman–Crippen LogP) is 3.22. The number of epoxide rings is 1. The summed E-state index contributed by atoms with van der Waals surface area (Å²) in [5, 5.41) is 0. The average Bonchev–Trinajstić information content (AvgIpc) is 3.17. The van der Waals surface area contributed by atoms with Gasteiger partial charge in [0.25, 0.3) is 0 Å². The van der Waals surface area contributed by atoms with E-state index < -0.39 is 0 Å².